The summed E-state index contributed by atoms with van der Waals surface area (Å²) < 4.78 is 5.12. The van der Waals surface area contributed by atoms with Gasteiger partial charge in [-0.3, -0.25) is 4.79 Å². The predicted molar refractivity (Wildman–Crippen MR) is 76.2 cm³/mol. The molecule has 0 aliphatic carbocycles. The van der Waals surface area contributed by atoms with E-state index in [-0.39, 0.29) is 5.91 Å². The second kappa shape index (κ2) is 6.45. The van der Waals surface area contributed by atoms with E-state index in [0.717, 1.165) is 11.4 Å². The lowest BCUT2D eigenvalue weighted by molar-refractivity contribution is -0.127. The fourth-order valence-electron chi connectivity index (χ4n) is 1.70. The molecule has 0 saturated carbocycles. The van der Waals surface area contributed by atoms with Crippen LogP contribution in [0.4, 0.5) is 5.69 Å². The minimum atomic E-state index is -0.473. The van der Waals surface area contributed by atoms with Crippen LogP contribution in [0.3, 0.4) is 0 Å². The highest BCUT2D eigenvalue weighted by molar-refractivity contribution is 7.07. The Labute approximate surface area is 116 Å². The van der Waals surface area contributed by atoms with Crippen LogP contribution in [0.15, 0.2) is 41.2 Å². The zero-order chi connectivity index (χ0) is 13.7. The molecule has 5 heteroatoms. The smallest absolute Gasteiger partial charge is 0.256 e. The van der Waals surface area contributed by atoms with Gasteiger partial charge in [0.25, 0.3) is 5.91 Å². The Kier molecular flexibility index (Phi) is 4.65. The number of rotatable bonds is 5. The molecule has 1 amide bonds. The van der Waals surface area contributed by atoms with Gasteiger partial charge in [-0.05, 0) is 19.1 Å². The Hall–Kier alpha value is -1.72. The number of benzene rings is 1. The van der Waals surface area contributed by atoms with Gasteiger partial charge in [-0.1, -0.05) is 18.2 Å². The van der Waals surface area contributed by atoms with Crippen molar-refractivity contribution >= 4 is 22.9 Å². The highest BCUT2D eigenvalue weighted by Gasteiger charge is 2.22. The third-order valence-corrected chi connectivity index (χ3v) is 3.47. The lowest BCUT2D eigenvalue weighted by atomic mass is 10.2. The molecule has 0 bridgehead atoms. The summed E-state index contributed by atoms with van der Waals surface area (Å²) in [7, 11) is 1.54. The first-order valence-electron chi connectivity index (χ1n) is 5.98. The average Bonchev–Trinajstić information content (AvgIpc) is 2.97. The van der Waals surface area contributed by atoms with Crippen LogP contribution in [0.1, 0.15) is 12.6 Å². The molecule has 0 saturated heterocycles. The number of nitrogens with zero attached hydrogens (tertiary/aromatic N) is 2. The number of methoxy groups -OCH3 is 1. The van der Waals surface area contributed by atoms with E-state index in [1.54, 1.807) is 17.3 Å². The van der Waals surface area contributed by atoms with Gasteiger partial charge in [0.2, 0.25) is 0 Å². The van der Waals surface area contributed by atoms with Gasteiger partial charge in [0.1, 0.15) is 6.10 Å². The summed E-state index contributed by atoms with van der Waals surface area (Å²) in [6.45, 7) is 2.21. The van der Waals surface area contributed by atoms with Gasteiger partial charge in [-0.25, -0.2) is 4.98 Å². The molecule has 4 nitrogen and oxygen atoms in total. The van der Waals surface area contributed by atoms with Crippen LogP contribution >= 0.6 is 11.3 Å². The van der Waals surface area contributed by atoms with Crippen LogP contribution in [-0.2, 0) is 16.1 Å². The molecule has 0 spiro atoms. The SMILES string of the molecule is CO[C@H](C)C(=O)N(Cc1cscn1)c1ccccc1. The first-order chi connectivity index (χ1) is 9.22. The first-order valence-corrected chi connectivity index (χ1v) is 6.93. The van der Waals surface area contributed by atoms with Crippen molar-refractivity contribution < 1.29 is 9.53 Å². The minimum absolute atomic E-state index is 0.0679. The molecule has 0 unspecified atom stereocenters. The standard InChI is InChI=1S/C14H16N2O2S/c1-11(18-2)14(17)16(8-12-9-19-10-15-12)13-6-4-3-5-7-13/h3-7,9-11H,8H2,1-2H3/t11-/m1/s1. The number of aromatic nitrogens is 1. The van der Waals surface area contributed by atoms with E-state index in [1.165, 1.54) is 18.4 Å². The Morgan fingerprint density at radius 2 is 2.16 bits per heavy atom. The number of carbonyl (C=O) groups is 1. The third-order valence-electron chi connectivity index (χ3n) is 2.84. The van der Waals surface area contributed by atoms with Crippen LogP contribution in [-0.4, -0.2) is 24.1 Å². The van der Waals surface area contributed by atoms with Gasteiger partial charge in [-0.2, -0.15) is 0 Å². The second-order valence-electron chi connectivity index (χ2n) is 4.12. The molecule has 1 aromatic heterocycles. The Bertz CT molecular complexity index is 514. The van der Waals surface area contributed by atoms with Crippen molar-refractivity contribution in [3.8, 4) is 0 Å². The van der Waals surface area contributed by atoms with Gasteiger partial charge in [0, 0.05) is 18.2 Å². The van der Waals surface area contributed by atoms with Crippen molar-refractivity contribution in [3.05, 3.63) is 46.9 Å². The number of carbonyl (C=O) groups excluding carboxylic acids is 1. The van der Waals surface area contributed by atoms with Gasteiger partial charge < -0.3 is 9.64 Å². The number of para-hydroxylation sites is 1. The highest BCUT2D eigenvalue weighted by Crippen LogP contribution is 2.18. The van der Waals surface area contributed by atoms with Crippen LogP contribution < -0.4 is 4.90 Å². The summed E-state index contributed by atoms with van der Waals surface area (Å²) in [5.74, 6) is -0.0679. The summed E-state index contributed by atoms with van der Waals surface area (Å²) >= 11 is 1.52. The normalized spacial score (nSPS) is 12.1. The lowest BCUT2D eigenvalue weighted by Gasteiger charge is -2.24. The van der Waals surface area contributed by atoms with E-state index in [1.807, 2.05) is 35.7 Å². The third kappa shape index (κ3) is 3.39. The molecule has 100 valence electrons. The van der Waals surface area contributed by atoms with Crippen LogP contribution in [0.5, 0.6) is 0 Å². The molecular formula is C14H16N2O2S. The van der Waals surface area contributed by atoms with Gasteiger partial charge in [-0.15, -0.1) is 11.3 Å². The zero-order valence-electron chi connectivity index (χ0n) is 10.9. The largest absolute Gasteiger partial charge is 0.372 e. The van der Waals surface area contributed by atoms with Crippen LogP contribution in [0.25, 0.3) is 0 Å². The molecular weight excluding hydrogens is 260 g/mol. The molecule has 2 aromatic rings. The number of anilines is 1. The fraction of sp³-hybridized carbons (Fsp3) is 0.286. The quantitative estimate of drug-likeness (QED) is 0.843. The first kappa shape index (κ1) is 13.7. The second-order valence-corrected chi connectivity index (χ2v) is 4.84. The van der Waals surface area contributed by atoms with E-state index in [4.69, 9.17) is 4.74 Å². The van der Waals surface area contributed by atoms with E-state index in [2.05, 4.69) is 4.98 Å². The van der Waals surface area contributed by atoms with E-state index >= 15 is 0 Å². The van der Waals surface area contributed by atoms with Gasteiger partial charge in [0.15, 0.2) is 0 Å². The summed E-state index contributed by atoms with van der Waals surface area (Å²) in [6.07, 6.45) is -0.473. The molecule has 0 aliphatic heterocycles. The molecule has 0 radical (unpaired) electrons. The maximum Gasteiger partial charge on any atom is 0.256 e. The number of hydrogen-bond acceptors (Lipinski definition) is 4. The molecule has 1 aromatic carbocycles. The predicted octanol–water partition coefficient (Wildman–Crippen LogP) is 2.71. The molecule has 1 atom stereocenters. The van der Waals surface area contributed by atoms with Gasteiger partial charge >= 0.3 is 0 Å². The minimum Gasteiger partial charge on any atom is -0.372 e. The Morgan fingerprint density at radius 3 is 2.74 bits per heavy atom. The van der Waals surface area contributed by atoms with Crippen molar-refractivity contribution in [3.63, 3.8) is 0 Å². The Balaban J connectivity index is 2.25. The lowest BCUT2D eigenvalue weighted by Crippen LogP contribution is -2.38. The summed E-state index contributed by atoms with van der Waals surface area (Å²) in [5.41, 5.74) is 3.50. The monoisotopic (exact) mass is 276 g/mol. The number of ether oxygens (including phenoxy) is 1. The molecule has 0 N–H and O–H groups in total. The number of amides is 1. The topological polar surface area (TPSA) is 42.4 Å². The highest BCUT2D eigenvalue weighted by atomic mass is 32.1. The van der Waals surface area contributed by atoms with Gasteiger partial charge in [0.05, 0.1) is 17.7 Å². The zero-order valence-corrected chi connectivity index (χ0v) is 11.8. The number of hydrogen-bond donors (Lipinski definition) is 0. The molecule has 0 fully saturated rings. The van der Waals surface area contributed by atoms with Crippen molar-refractivity contribution in [1.82, 2.24) is 4.98 Å². The van der Waals surface area contributed by atoms with Crippen molar-refractivity contribution in [2.24, 2.45) is 0 Å². The van der Waals surface area contributed by atoms with E-state index < -0.39 is 6.10 Å². The average molecular weight is 276 g/mol. The maximum absolute atomic E-state index is 12.4. The summed E-state index contributed by atoms with van der Waals surface area (Å²) in [4.78, 5) is 18.3. The molecule has 1 heterocycles. The van der Waals surface area contributed by atoms with Crippen molar-refractivity contribution in [2.45, 2.75) is 19.6 Å². The van der Waals surface area contributed by atoms with E-state index in [0.29, 0.717) is 6.54 Å². The van der Waals surface area contributed by atoms with Crippen LogP contribution in [0, 0.1) is 0 Å². The fourth-order valence-corrected chi connectivity index (χ4v) is 2.25. The maximum atomic E-state index is 12.4. The van der Waals surface area contributed by atoms with E-state index in [9.17, 15) is 4.79 Å². The summed E-state index contributed by atoms with van der Waals surface area (Å²) in [6, 6.07) is 9.57. The molecule has 19 heavy (non-hydrogen) atoms. The molecule has 2 rings (SSSR count). The number of thiazole rings is 1. The van der Waals surface area contributed by atoms with Crippen molar-refractivity contribution in [1.29, 1.82) is 0 Å². The Morgan fingerprint density at radius 1 is 1.42 bits per heavy atom. The van der Waals surface area contributed by atoms with Crippen LogP contribution in [0.2, 0.25) is 0 Å². The summed E-state index contributed by atoms with van der Waals surface area (Å²) in [5, 5.41) is 1.95. The van der Waals surface area contributed by atoms with Crippen molar-refractivity contribution in [2.75, 3.05) is 12.0 Å². The molecule has 0 aliphatic rings.